The van der Waals surface area contributed by atoms with Crippen LogP contribution in [0.4, 0.5) is 0 Å². The van der Waals surface area contributed by atoms with Crippen molar-refractivity contribution in [2.45, 2.75) is 26.2 Å². The second-order valence-electron chi connectivity index (χ2n) is 6.31. The maximum absolute atomic E-state index is 6.57. The van der Waals surface area contributed by atoms with Gasteiger partial charge in [-0.15, -0.1) is 0 Å². The first-order chi connectivity index (χ1) is 11.1. The monoisotopic (exact) mass is 326 g/mol. The number of aryl methyl sites for hydroxylation is 1. The second-order valence-corrected chi connectivity index (χ2v) is 6.72. The van der Waals surface area contributed by atoms with Crippen LogP contribution in [0.5, 0.6) is 0 Å². The number of nitrogens with zero attached hydrogens (tertiary/aromatic N) is 4. The van der Waals surface area contributed by atoms with Crippen molar-refractivity contribution in [1.29, 1.82) is 0 Å². The summed E-state index contributed by atoms with van der Waals surface area (Å²) in [6.07, 6.45) is 11.6. The van der Waals surface area contributed by atoms with Crippen molar-refractivity contribution in [2.24, 2.45) is 13.0 Å². The Kier molecular flexibility index (Phi) is 3.49. The molecular weight excluding hydrogens is 308 g/mol. The molecule has 4 nitrogen and oxygen atoms in total. The minimum atomic E-state index is 0.550. The van der Waals surface area contributed by atoms with Crippen molar-refractivity contribution in [3.63, 3.8) is 0 Å². The third-order valence-electron chi connectivity index (χ3n) is 4.64. The van der Waals surface area contributed by atoms with Gasteiger partial charge in [0.1, 0.15) is 5.69 Å². The molecule has 1 aliphatic carbocycles. The van der Waals surface area contributed by atoms with Crippen molar-refractivity contribution >= 4 is 28.1 Å². The maximum atomic E-state index is 6.57. The van der Waals surface area contributed by atoms with Gasteiger partial charge in [0.2, 0.25) is 0 Å². The van der Waals surface area contributed by atoms with E-state index in [4.69, 9.17) is 11.6 Å². The molecule has 0 bridgehead atoms. The van der Waals surface area contributed by atoms with E-state index in [-0.39, 0.29) is 0 Å². The number of allylic oxidation sites excluding steroid dienone is 2. The maximum Gasteiger partial charge on any atom is 0.103 e. The Balaban J connectivity index is 1.90. The molecule has 0 saturated carbocycles. The lowest BCUT2D eigenvalue weighted by Gasteiger charge is -2.22. The summed E-state index contributed by atoms with van der Waals surface area (Å²) in [5, 5.41) is 10.6. The van der Waals surface area contributed by atoms with Crippen LogP contribution in [0, 0.1) is 5.92 Å². The Bertz CT molecular complexity index is 903. The average molecular weight is 327 g/mol. The molecule has 118 valence electrons. The van der Waals surface area contributed by atoms with Crippen molar-refractivity contribution in [3.05, 3.63) is 47.4 Å². The lowest BCUT2D eigenvalue weighted by Crippen LogP contribution is -2.04. The molecule has 0 saturated heterocycles. The highest BCUT2D eigenvalue weighted by molar-refractivity contribution is 6.33. The standard InChI is InChI=1S/C18H19ClN4/c1-12-5-3-4-6-15(12)16-8-18-13(7-17(16)19)9-21-23(18)14-10-20-22(2)11-14/h6-12H,3-5H2,1-2H3. The van der Waals surface area contributed by atoms with Crippen molar-refractivity contribution in [1.82, 2.24) is 19.6 Å². The first-order valence-electron chi connectivity index (χ1n) is 8.00. The van der Waals surface area contributed by atoms with Crippen LogP contribution in [-0.4, -0.2) is 19.6 Å². The van der Waals surface area contributed by atoms with Gasteiger partial charge in [0.25, 0.3) is 0 Å². The Labute approximate surface area is 140 Å². The molecule has 5 heteroatoms. The molecule has 23 heavy (non-hydrogen) atoms. The van der Waals surface area contributed by atoms with Gasteiger partial charge in [0.15, 0.2) is 0 Å². The van der Waals surface area contributed by atoms with Gasteiger partial charge < -0.3 is 0 Å². The molecule has 0 fully saturated rings. The van der Waals surface area contributed by atoms with Crippen LogP contribution in [-0.2, 0) is 7.05 Å². The van der Waals surface area contributed by atoms with E-state index < -0.39 is 0 Å². The lowest BCUT2D eigenvalue weighted by molar-refractivity contribution is 0.601. The molecule has 0 N–H and O–H groups in total. The third kappa shape index (κ3) is 2.47. The van der Waals surface area contributed by atoms with Crippen molar-refractivity contribution < 1.29 is 0 Å². The molecule has 0 radical (unpaired) electrons. The summed E-state index contributed by atoms with van der Waals surface area (Å²) in [7, 11) is 1.91. The first kappa shape index (κ1) is 14.5. The first-order valence-corrected chi connectivity index (χ1v) is 8.38. The fraction of sp³-hybridized carbons (Fsp3) is 0.333. The summed E-state index contributed by atoms with van der Waals surface area (Å²) >= 11 is 6.57. The molecule has 0 amide bonds. The quantitative estimate of drug-likeness (QED) is 0.689. The highest BCUT2D eigenvalue weighted by Crippen LogP contribution is 2.37. The Morgan fingerprint density at radius 3 is 2.83 bits per heavy atom. The number of hydrogen-bond donors (Lipinski definition) is 0. The molecule has 0 spiro atoms. The topological polar surface area (TPSA) is 35.6 Å². The Morgan fingerprint density at radius 2 is 2.09 bits per heavy atom. The van der Waals surface area contributed by atoms with Crippen LogP contribution in [0.3, 0.4) is 0 Å². The van der Waals surface area contributed by atoms with E-state index in [2.05, 4.69) is 29.3 Å². The van der Waals surface area contributed by atoms with Crippen LogP contribution in [0.1, 0.15) is 31.7 Å². The van der Waals surface area contributed by atoms with Crippen LogP contribution in [0.15, 0.2) is 36.8 Å². The van der Waals surface area contributed by atoms with E-state index in [0.717, 1.165) is 33.6 Å². The summed E-state index contributed by atoms with van der Waals surface area (Å²) in [5.41, 5.74) is 4.52. The second kappa shape index (κ2) is 5.53. The van der Waals surface area contributed by atoms with E-state index in [0.29, 0.717) is 5.92 Å². The number of rotatable bonds is 2. The number of halogens is 1. The van der Waals surface area contributed by atoms with E-state index in [1.807, 2.05) is 36.4 Å². The van der Waals surface area contributed by atoms with Gasteiger partial charge in [0.05, 0.1) is 24.1 Å². The summed E-state index contributed by atoms with van der Waals surface area (Å²) in [6.45, 7) is 2.28. The molecule has 1 aromatic carbocycles. The smallest absolute Gasteiger partial charge is 0.103 e. The van der Waals surface area contributed by atoms with E-state index in [1.165, 1.54) is 18.4 Å². The fourth-order valence-corrected chi connectivity index (χ4v) is 3.69. The molecule has 1 unspecified atom stereocenters. The summed E-state index contributed by atoms with van der Waals surface area (Å²) in [5.74, 6) is 0.550. The predicted octanol–water partition coefficient (Wildman–Crippen LogP) is 4.62. The normalized spacial score (nSPS) is 18.4. The van der Waals surface area contributed by atoms with Gasteiger partial charge in [-0.3, -0.25) is 4.68 Å². The van der Waals surface area contributed by atoms with Gasteiger partial charge >= 0.3 is 0 Å². The average Bonchev–Trinajstić information content (AvgIpc) is 3.13. The fourth-order valence-electron chi connectivity index (χ4n) is 3.40. The number of aromatic nitrogens is 4. The van der Waals surface area contributed by atoms with Gasteiger partial charge in [-0.1, -0.05) is 24.6 Å². The molecule has 3 aromatic rings. The molecule has 4 rings (SSSR count). The van der Waals surface area contributed by atoms with E-state index >= 15 is 0 Å². The molecular formula is C18H19ClN4. The third-order valence-corrected chi connectivity index (χ3v) is 4.95. The zero-order chi connectivity index (χ0) is 16.0. The Morgan fingerprint density at radius 1 is 1.22 bits per heavy atom. The lowest BCUT2D eigenvalue weighted by atomic mass is 9.85. The molecule has 0 aliphatic heterocycles. The minimum Gasteiger partial charge on any atom is -0.274 e. The minimum absolute atomic E-state index is 0.550. The van der Waals surface area contributed by atoms with Gasteiger partial charge in [-0.2, -0.15) is 10.2 Å². The zero-order valence-electron chi connectivity index (χ0n) is 13.3. The van der Waals surface area contributed by atoms with E-state index in [1.54, 1.807) is 4.68 Å². The van der Waals surface area contributed by atoms with Crippen molar-refractivity contribution in [2.75, 3.05) is 0 Å². The van der Waals surface area contributed by atoms with Crippen molar-refractivity contribution in [3.8, 4) is 5.69 Å². The molecule has 2 aromatic heterocycles. The van der Waals surface area contributed by atoms with Crippen LogP contribution in [0.2, 0.25) is 5.02 Å². The summed E-state index contributed by atoms with van der Waals surface area (Å²) in [6, 6.07) is 4.19. The van der Waals surface area contributed by atoms with Gasteiger partial charge in [-0.25, -0.2) is 4.68 Å². The van der Waals surface area contributed by atoms with Gasteiger partial charge in [-0.05, 0) is 48.4 Å². The SMILES string of the molecule is CC1CCCC=C1c1cc2c(cnn2-c2cnn(C)c2)cc1Cl. The molecule has 2 heterocycles. The van der Waals surface area contributed by atoms with Crippen LogP contribution >= 0.6 is 11.6 Å². The van der Waals surface area contributed by atoms with Crippen LogP contribution < -0.4 is 0 Å². The van der Waals surface area contributed by atoms with E-state index in [9.17, 15) is 0 Å². The number of fused-ring (bicyclic) bond motifs is 1. The van der Waals surface area contributed by atoms with Crippen LogP contribution in [0.25, 0.3) is 22.2 Å². The highest BCUT2D eigenvalue weighted by Gasteiger charge is 2.19. The Hall–Kier alpha value is -2.07. The zero-order valence-corrected chi connectivity index (χ0v) is 14.1. The van der Waals surface area contributed by atoms with Gasteiger partial charge in [0, 0.05) is 17.5 Å². The summed E-state index contributed by atoms with van der Waals surface area (Å²) in [4.78, 5) is 0. The number of hydrogen-bond acceptors (Lipinski definition) is 2. The predicted molar refractivity (Wildman–Crippen MR) is 93.8 cm³/mol. The highest BCUT2D eigenvalue weighted by atomic mass is 35.5. The number of benzene rings is 1. The largest absolute Gasteiger partial charge is 0.274 e. The molecule has 1 atom stereocenters. The molecule has 1 aliphatic rings. The summed E-state index contributed by atoms with van der Waals surface area (Å²) < 4.78 is 3.71.